The molecule has 57 heavy (non-hydrogen) atoms. The Morgan fingerprint density at radius 3 is 1.77 bits per heavy atom. The standard InChI is InChI=1S/C51H30N4OS/c1-3-14-31(15-4-1)34-28-41-37-27-26-33(30-45(37)56-47(41)44(29-34)55-42-23-10-7-18-35(42)36-19-8-11-24-43(36)55)50-52-49(32-16-5-2-6-17-32)53-51(54-50)40-22-13-21-39-38-20-9-12-25-46(38)57-48(39)40/h1-30H. The third kappa shape index (κ3) is 5.04. The van der Waals surface area contributed by atoms with Crippen molar-refractivity contribution in [1.82, 2.24) is 19.5 Å². The molecule has 4 aromatic heterocycles. The van der Waals surface area contributed by atoms with Crippen LogP contribution in [0.15, 0.2) is 186 Å². The van der Waals surface area contributed by atoms with Gasteiger partial charge in [-0.3, -0.25) is 0 Å². The Hall–Kier alpha value is -7.41. The normalized spacial score (nSPS) is 11.9. The van der Waals surface area contributed by atoms with Gasteiger partial charge in [-0.25, -0.2) is 15.0 Å². The van der Waals surface area contributed by atoms with Crippen molar-refractivity contribution < 1.29 is 4.42 Å². The zero-order chi connectivity index (χ0) is 37.5. The molecule has 0 aliphatic rings. The van der Waals surface area contributed by atoms with Gasteiger partial charge < -0.3 is 8.98 Å². The highest BCUT2D eigenvalue weighted by Gasteiger charge is 2.21. The zero-order valence-corrected chi connectivity index (χ0v) is 31.2. The maximum Gasteiger partial charge on any atom is 0.165 e. The topological polar surface area (TPSA) is 56.7 Å². The summed E-state index contributed by atoms with van der Waals surface area (Å²) in [6.45, 7) is 0. The minimum Gasteiger partial charge on any atom is -0.454 e. The molecule has 0 bridgehead atoms. The minimum absolute atomic E-state index is 0.590. The first-order valence-electron chi connectivity index (χ1n) is 19.0. The summed E-state index contributed by atoms with van der Waals surface area (Å²) in [6, 6.07) is 63.7. The fourth-order valence-corrected chi connectivity index (χ4v) is 9.62. The van der Waals surface area contributed by atoms with Crippen LogP contribution >= 0.6 is 11.3 Å². The zero-order valence-electron chi connectivity index (χ0n) is 30.4. The van der Waals surface area contributed by atoms with E-state index in [-0.39, 0.29) is 0 Å². The molecule has 12 aromatic rings. The molecule has 8 aromatic carbocycles. The van der Waals surface area contributed by atoms with Gasteiger partial charge in [0.2, 0.25) is 0 Å². The second-order valence-corrected chi connectivity index (χ2v) is 15.4. The summed E-state index contributed by atoms with van der Waals surface area (Å²) in [6.07, 6.45) is 0. The number of hydrogen-bond donors (Lipinski definition) is 0. The summed E-state index contributed by atoms with van der Waals surface area (Å²) in [5, 5.41) is 6.93. The lowest BCUT2D eigenvalue weighted by atomic mass is 10.0. The Balaban J connectivity index is 1.10. The van der Waals surface area contributed by atoms with Crippen molar-refractivity contribution in [2.75, 3.05) is 0 Å². The van der Waals surface area contributed by atoms with E-state index in [9.17, 15) is 0 Å². The van der Waals surface area contributed by atoms with Crippen molar-refractivity contribution in [2.24, 2.45) is 0 Å². The highest BCUT2D eigenvalue weighted by atomic mass is 32.1. The van der Waals surface area contributed by atoms with Gasteiger partial charge in [-0.2, -0.15) is 0 Å². The molecule has 0 radical (unpaired) electrons. The van der Waals surface area contributed by atoms with Crippen molar-refractivity contribution in [1.29, 1.82) is 0 Å². The summed E-state index contributed by atoms with van der Waals surface area (Å²) in [7, 11) is 0. The number of benzene rings is 8. The average Bonchev–Trinajstić information content (AvgIpc) is 3.96. The molecule has 0 amide bonds. The third-order valence-corrected chi connectivity index (χ3v) is 12.3. The molecule has 6 heteroatoms. The molecular formula is C51H30N4OS. The van der Waals surface area contributed by atoms with Crippen LogP contribution in [0.2, 0.25) is 0 Å². The van der Waals surface area contributed by atoms with Crippen LogP contribution in [0.1, 0.15) is 0 Å². The summed E-state index contributed by atoms with van der Waals surface area (Å²) >= 11 is 1.77. The van der Waals surface area contributed by atoms with Gasteiger partial charge >= 0.3 is 0 Å². The first-order chi connectivity index (χ1) is 28.2. The summed E-state index contributed by atoms with van der Waals surface area (Å²) in [4.78, 5) is 15.4. The van der Waals surface area contributed by atoms with Gasteiger partial charge in [0.05, 0.1) is 16.7 Å². The lowest BCUT2D eigenvalue weighted by molar-refractivity contribution is 0.666. The maximum atomic E-state index is 6.99. The molecule has 5 nitrogen and oxygen atoms in total. The lowest BCUT2D eigenvalue weighted by Gasteiger charge is -2.11. The Bertz CT molecular complexity index is 3470. The minimum atomic E-state index is 0.590. The van der Waals surface area contributed by atoms with Crippen molar-refractivity contribution in [3.63, 3.8) is 0 Å². The van der Waals surface area contributed by atoms with Gasteiger partial charge in [0, 0.05) is 58.4 Å². The van der Waals surface area contributed by atoms with Crippen LogP contribution in [-0.2, 0) is 0 Å². The Morgan fingerprint density at radius 1 is 0.404 bits per heavy atom. The van der Waals surface area contributed by atoms with Crippen molar-refractivity contribution in [2.45, 2.75) is 0 Å². The van der Waals surface area contributed by atoms with E-state index in [2.05, 4.69) is 156 Å². The number of aromatic nitrogens is 4. The number of hydrogen-bond acceptors (Lipinski definition) is 5. The van der Waals surface area contributed by atoms with E-state index in [0.29, 0.717) is 17.5 Å². The first-order valence-corrected chi connectivity index (χ1v) is 19.8. The van der Waals surface area contributed by atoms with E-state index >= 15 is 0 Å². The van der Waals surface area contributed by atoms with Crippen LogP contribution < -0.4 is 0 Å². The second-order valence-electron chi connectivity index (χ2n) is 14.4. The number of para-hydroxylation sites is 2. The predicted octanol–water partition coefficient (Wildman–Crippen LogP) is 13.9. The van der Waals surface area contributed by atoms with E-state index in [1.807, 2.05) is 30.3 Å². The van der Waals surface area contributed by atoms with Crippen LogP contribution in [0.4, 0.5) is 0 Å². The van der Waals surface area contributed by atoms with E-state index in [0.717, 1.165) is 71.2 Å². The molecule has 0 unspecified atom stereocenters. The monoisotopic (exact) mass is 746 g/mol. The van der Waals surface area contributed by atoms with Crippen LogP contribution in [0, 0.1) is 0 Å². The Morgan fingerprint density at radius 2 is 1.02 bits per heavy atom. The smallest absolute Gasteiger partial charge is 0.165 e. The Kier molecular flexibility index (Phi) is 7.03. The molecule has 0 atom stereocenters. The molecule has 0 aliphatic heterocycles. The molecule has 0 N–H and O–H groups in total. The van der Waals surface area contributed by atoms with Crippen LogP contribution in [0.3, 0.4) is 0 Å². The highest BCUT2D eigenvalue weighted by molar-refractivity contribution is 7.26. The fraction of sp³-hybridized carbons (Fsp3) is 0. The molecular weight excluding hydrogens is 717 g/mol. The van der Waals surface area contributed by atoms with Gasteiger partial charge in [-0.15, -0.1) is 11.3 Å². The number of thiophene rings is 1. The quantitative estimate of drug-likeness (QED) is 0.176. The second kappa shape index (κ2) is 12.6. The summed E-state index contributed by atoms with van der Waals surface area (Å²) in [5.74, 6) is 1.85. The lowest BCUT2D eigenvalue weighted by Crippen LogP contribution is -2.00. The van der Waals surface area contributed by atoms with Crippen molar-refractivity contribution in [3.8, 4) is 51.0 Å². The Labute approximate surface area is 330 Å². The van der Waals surface area contributed by atoms with Gasteiger partial charge in [0.1, 0.15) is 5.58 Å². The fourth-order valence-electron chi connectivity index (χ4n) is 8.41. The summed E-state index contributed by atoms with van der Waals surface area (Å²) in [5.41, 5.74) is 9.89. The first kappa shape index (κ1) is 31.9. The van der Waals surface area contributed by atoms with E-state index < -0.39 is 0 Å². The van der Waals surface area contributed by atoms with Gasteiger partial charge in [-0.05, 0) is 59.7 Å². The van der Waals surface area contributed by atoms with Crippen molar-refractivity contribution in [3.05, 3.63) is 182 Å². The van der Waals surface area contributed by atoms with E-state index in [1.54, 1.807) is 11.3 Å². The molecule has 0 spiro atoms. The van der Waals surface area contributed by atoms with Crippen LogP contribution in [0.5, 0.6) is 0 Å². The maximum absolute atomic E-state index is 6.99. The van der Waals surface area contributed by atoms with Crippen LogP contribution in [0.25, 0.3) is 115 Å². The van der Waals surface area contributed by atoms with Crippen LogP contribution in [-0.4, -0.2) is 19.5 Å². The van der Waals surface area contributed by atoms with Crippen molar-refractivity contribution >= 4 is 75.3 Å². The molecule has 4 heterocycles. The predicted molar refractivity (Wildman–Crippen MR) is 236 cm³/mol. The molecule has 12 rings (SSSR count). The van der Waals surface area contributed by atoms with E-state index in [1.165, 1.54) is 26.2 Å². The molecule has 0 saturated carbocycles. The average molecular weight is 747 g/mol. The highest BCUT2D eigenvalue weighted by Crippen LogP contribution is 2.43. The molecule has 0 aliphatic carbocycles. The van der Waals surface area contributed by atoms with E-state index in [4.69, 9.17) is 19.4 Å². The van der Waals surface area contributed by atoms with Gasteiger partial charge in [0.25, 0.3) is 0 Å². The molecule has 0 fully saturated rings. The van der Waals surface area contributed by atoms with Gasteiger partial charge in [0.15, 0.2) is 23.1 Å². The number of fused-ring (bicyclic) bond motifs is 9. The molecule has 0 saturated heterocycles. The third-order valence-electron chi connectivity index (χ3n) is 11.1. The van der Waals surface area contributed by atoms with Gasteiger partial charge in [-0.1, -0.05) is 133 Å². The number of furan rings is 1. The number of nitrogens with zero attached hydrogens (tertiary/aromatic N) is 4. The molecule has 266 valence electrons. The number of rotatable bonds is 5. The largest absolute Gasteiger partial charge is 0.454 e. The SMILES string of the molecule is c1ccc(-c2cc(-n3c4ccccc4c4ccccc43)c3oc4cc(-c5nc(-c6ccccc6)nc(-c6cccc7c6sc6ccccc67)n5)ccc4c3c2)cc1. The summed E-state index contributed by atoms with van der Waals surface area (Å²) < 4.78 is 11.7.